The molecule has 0 radical (unpaired) electrons. The van der Waals surface area contributed by atoms with Crippen LogP contribution in [0.2, 0.25) is 5.02 Å². The molecule has 0 bridgehead atoms. The molecule has 6 heteroatoms. The van der Waals surface area contributed by atoms with Crippen molar-refractivity contribution in [3.8, 4) is 0 Å². The highest BCUT2D eigenvalue weighted by molar-refractivity contribution is 9.10. The summed E-state index contributed by atoms with van der Waals surface area (Å²) < 4.78 is 0.874. The minimum atomic E-state index is -0.914. The van der Waals surface area contributed by atoms with Gasteiger partial charge in [0.2, 0.25) is 11.8 Å². The SMILES string of the molecule is CC1(C)NC(=O)C(C)(C)N(Cc2ccc(Br)cc2Cl)C1=O. The lowest BCUT2D eigenvalue weighted by Crippen LogP contribution is -2.71. The third-order valence-corrected chi connectivity index (χ3v) is 4.62. The molecule has 0 spiro atoms. The molecule has 0 aromatic heterocycles. The van der Waals surface area contributed by atoms with Crippen molar-refractivity contribution >= 4 is 39.3 Å². The van der Waals surface area contributed by atoms with Gasteiger partial charge >= 0.3 is 0 Å². The second kappa shape index (κ2) is 5.29. The number of hydrogen-bond donors (Lipinski definition) is 1. The van der Waals surface area contributed by atoms with E-state index in [1.54, 1.807) is 38.7 Å². The summed E-state index contributed by atoms with van der Waals surface area (Å²) in [7, 11) is 0. The van der Waals surface area contributed by atoms with E-state index in [-0.39, 0.29) is 11.8 Å². The van der Waals surface area contributed by atoms with E-state index in [0.29, 0.717) is 11.6 Å². The zero-order valence-electron chi connectivity index (χ0n) is 12.5. The van der Waals surface area contributed by atoms with Crippen LogP contribution in [0.4, 0.5) is 0 Å². The van der Waals surface area contributed by atoms with Crippen molar-refractivity contribution in [2.45, 2.75) is 45.3 Å². The van der Waals surface area contributed by atoms with Crippen molar-refractivity contribution in [1.29, 1.82) is 0 Å². The van der Waals surface area contributed by atoms with Crippen LogP contribution in [-0.2, 0) is 16.1 Å². The third kappa shape index (κ3) is 2.94. The second-order valence-electron chi connectivity index (χ2n) is 6.27. The van der Waals surface area contributed by atoms with Gasteiger partial charge in [0.15, 0.2) is 0 Å². The standard InChI is InChI=1S/C15H18BrClN2O2/c1-14(2)13(21)19(15(3,4)12(20)18-14)8-9-5-6-10(16)7-11(9)17/h5-7H,8H2,1-4H3,(H,18,20). The molecule has 21 heavy (non-hydrogen) atoms. The molecular weight excluding hydrogens is 356 g/mol. The van der Waals surface area contributed by atoms with E-state index in [9.17, 15) is 9.59 Å². The fourth-order valence-electron chi connectivity index (χ4n) is 2.29. The second-order valence-corrected chi connectivity index (χ2v) is 7.59. The Labute approximate surface area is 138 Å². The number of nitrogens with one attached hydrogen (secondary N) is 1. The van der Waals surface area contributed by atoms with Gasteiger partial charge in [0.05, 0.1) is 0 Å². The van der Waals surface area contributed by atoms with Gasteiger partial charge < -0.3 is 10.2 Å². The molecule has 4 nitrogen and oxygen atoms in total. The highest BCUT2D eigenvalue weighted by atomic mass is 79.9. The minimum absolute atomic E-state index is 0.119. The molecule has 0 atom stereocenters. The van der Waals surface area contributed by atoms with Gasteiger partial charge in [-0.2, -0.15) is 0 Å². The molecule has 2 amide bonds. The van der Waals surface area contributed by atoms with Crippen molar-refractivity contribution in [3.63, 3.8) is 0 Å². The van der Waals surface area contributed by atoms with Gasteiger partial charge in [-0.25, -0.2) is 0 Å². The van der Waals surface area contributed by atoms with Gasteiger partial charge in [-0.3, -0.25) is 9.59 Å². The average Bonchev–Trinajstić information content (AvgIpc) is 2.34. The maximum absolute atomic E-state index is 12.6. The Balaban J connectivity index is 2.39. The van der Waals surface area contributed by atoms with Crippen LogP contribution in [0, 0.1) is 0 Å². The molecule has 1 aliphatic heterocycles. The Morgan fingerprint density at radius 2 is 1.86 bits per heavy atom. The third-order valence-electron chi connectivity index (χ3n) is 3.78. The van der Waals surface area contributed by atoms with E-state index in [0.717, 1.165) is 10.0 Å². The van der Waals surface area contributed by atoms with Gasteiger partial charge in [0.1, 0.15) is 11.1 Å². The maximum Gasteiger partial charge on any atom is 0.248 e. The zero-order valence-corrected chi connectivity index (χ0v) is 14.8. The zero-order chi connectivity index (χ0) is 16.0. The van der Waals surface area contributed by atoms with Crippen molar-refractivity contribution in [2.75, 3.05) is 0 Å². The molecule has 1 aromatic rings. The lowest BCUT2D eigenvalue weighted by atomic mass is 9.89. The highest BCUT2D eigenvalue weighted by Crippen LogP contribution is 2.30. The number of carbonyl (C=O) groups is 2. The molecule has 0 unspecified atom stereocenters. The first-order valence-electron chi connectivity index (χ1n) is 6.64. The van der Waals surface area contributed by atoms with Gasteiger partial charge in [0.25, 0.3) is 0 Å². The molecule has 0 aliphatic carbocycles. The number of halogens is 2. The molecule has 1 N–H and O–H groups in total. The summed E-state index contributed by atoms with van der Waals surface area (Å²) in [6.45, 7) is 7.19. The van der Waals surface area contributed by atoms with Crippen LogP contribution in [0.15, 0.2) is 22.7 Å². The van der Waals surface area contributed by atoms with Crippen LogP contribution in [0.5, 0.6) is 0 Å². The van der Waals surface area contributed by atoms with E-state index in [1.165, 1.54) is 0 Å². The molecule has 1 aromatic carbocycles. The van der Waals surface area contributed by atoms with Gasteiger partial charge in [-0.05, 0) is 45.4 Å². The molecule has 1 saturated heterocycles. The van der Waals surface area contributed by atoms with E-state index in [1.807, 2.05) is 12.1 Å². The van der Waals surface area contributed by atoms with Crippen LogP contribution in [-0.4, -0.2) is 27.8 Å². The average molecular weight is 374 g/mol. The molecule has 0 saturated carbocycles. The summed E-state index contributed by atoms with van der Waals surface area (Å²) in [5.74, 6) is -0.286. The Bertz CT molecular complexity index is 614. The Morgan fingerprint density at radius 3 is 2.43 bits per heavy atom. The van der Waals surface area contributed by atoms with Crippen LogP contribution >= 0.6 is 27.5 Å². The van der Waals surface area contributed by atoms with Crippen LogP contribution in [0.1, 0.15) is 33.3 Å². The maximum atomic E-state index is 12.6. The number of benzene rings is 1. The Hall–Kier alpha value is -1.07. The molecule has 1 aliphatic rings. The number of nitrogens with zero attached hydrogens (tertiary/aromatic N) is 1. The Kier molecular flexibility index (Phi) is 4.10. The van der Waals surface area contributed by atoms with Crippen LogP contribution in [0.25, 0.3) is 0 Å². The first-order chi connectivity index (χ1) is 9.55. The molecule has 2 rings (SSSR count). The lowest BCUT2D eigenvalue weighted by Gasteiger charge is -2.47. The van der Waals surface area contributed by atoms with Crippen molar-refractivity contribution in [1.82, 2.24) is 10.2 Å². The fourth-order valence-corrected chi connectivity index (χ4v) is 3.03. The number of carbonyl (C=O) groups excluding carboxylic acids is 2. The first-order valence-corrected chi connectivity index (χ1v) is 7.81. The molecule has 1 heterocycles. The topological polar surface area (TPSA) is 49.4 Å². The van der Waals surface area contributed by atoms with Crippen molar-refractivity contribution in [2.24, 2.45) is 0 Å². The van der Waals surface area contributed by atoms with E-state index in [2.05, 4.69) is 21.2 Å². The predicted molar refractivity (Wildman–Crippen MR) is 86.0 cm³/mol. The summed E-state index contributed by atoms with van der Waals surface area (Å²) >= 11 is 9.58. The highest BCUT2D eigenvalue weighted by Gasteiger charge is 2.49. The number of piperazine rings is 1. The monoisotopic (exact) mass is 372 g/mol. The minimum Gasteiger partial charge on any atom is -0.340 e. The lowest BCUT2D eigenvalue weighted by molar-refractivity contribution is -0.160. The van der Waals surface area contributed by atoms with Crippen LogP contribution in [0.3, 0.4) is 0 Å². The summed E-state index contributed by atoms with van der Waals surface area (Å²) in [6.07, 6.45) is 0. The number of amides is 2. The largest absolute Gasteiger partial charge is 0.340 e. The van der Waals surface area contributed by atoms with Crippen LogP contribution < -0.4 is 5.32 Å². The molecule has 114 valence electrons. The summed E-state index contributed by atoms with van der Waals surface area (Å²) in [5.41, 5.74) is -1.01. The smallest absolute Gasteiger partial charge is 0.248 e. The van der Waals surface area contributed by atoms with Gasteiger partial charge in [-0.1, -0.05) is 33.6 Å². The van der Waals surface area contributed by atoms with E-state index < -0.39 is 11.1 Å². The summed E-state index contributed by atoms with van der Waals surface area (Å²) in [6, 6.07) is 5.51. The van der Waals surface area contributed by atoms with E-state index >= 15 is 0 Å². The first kappa shape index (κ1) is 16.3. The quantitative estimate of drug-likeness (QED) is 0.866. The number of hydrogen-bond acceptors (Lipinski definition) is 2. The van der Waals surface area contributed by atoms with E-state index in [4.69, 9.17) is 11.6 Å². The number of rotatable bonds is 2. The Morgan fingerprint density at radius 1 is 1.24 bits per heavy atom. The fraction of sp³-hybridized carbons (Fsp3) is 0.467. The summed E-state index contributed by atoms with van der Waals surface area (Å²) in [4.78, 5) is 26.5. The van der Waals surface area contributed by atoms with Gasteiger partial charge in [0, 0.05) is 16.0 Å². The molecule has 1 fully saturated rings. The normalized spacial score (nSPS) is 20.4. The van der Waals surface area contributed by atoms with Crippen molar-refractivity contribution < 1.29 is 9.59 Å². The van der Waals surface area contributed by atoms with Gasteiger partial charge in [-0.15, -0.1) is 0 Å². The summed E-state index contributed by atoms with van der Waals surface area (Å²) in [5, 5.41) is 3.33. The predicted octanol–water partition coefficient (Wildman–Crippen LogP) is 3.12. The van der Waals surface area contributed by atoms with Crippen molar-refractivity contribution in [3.05, 3.63) is 33.3 Å². The molecular formula is C15H18BrClN2O2.